The number of rotatable bonds is 21. The second kappa shape index (κ2) is 21.6. The number of esters is 2. The highest BCUT2D eigenvalue weighted by molar-refractivity contribution is 5.77. The van der Waals surface area contributed by atoms with Gasteiger partial charge in [0.05, 0.1) is 19.4 Å². The fourth-order valence-corrected chi connectivity index (χ4v) is 3.43. The summed E-state index contributed by atoms with van der Waals surface area (Å²) in [4.78, 5) is 23.6. The molecule has 0 aliphatic heterocycles. The molecule has 172 valence electrons. The molecule has 4 nitrogen and oxygen atoms in total. The number of carbonyl (C=O) groups is 2. The molecule has 1 atom stereocenters. The Morgan fingerprint density at radius 3 is 1.62 bits per heavy atom. The van der Waals surface area contributed by atoms with Gasteiger partial charge in [-0.2, -0.15) is 0 Å². The van der Waals surface area contributed by atoms with Crippen LogP contribution in [0.15, 0.2) is 0 Å². The molecule has 0 rings (SSSR count). The van der Waals surface area contributed by atoms with E-state index in [0.717, 1.165) is 38.5 Å². The van der Waals surface area contributed by atoms with Crippen molar-refractivity contribution in [2.75, 3.05) is 6.61 Å². The predicted molar refractivity (Wildman–Crippen MR) is 121 cm³/mol. The third kappa shape index (κ3) is 20.0. The molecular formula is C25H48O4. The monoisotopic (exact) mass is 412 g/mol. The molecule has 0 spiro atoms. The molecule has 0 aliphatic rings. The number of hydrogen-bond acceptors (Lipinski definition) is 4. The fourth-order valence-electron chi connectivity index (χ4n) is 3.43. The Balaban J connectivity index is 3.44. The zero-order valence-electron chi connectivity index (χ0n) is 19.6. The lowest BCUT2D eigenvalue weighted by atomic mass is 10.1. The summed E-state index contributed by atoms with van der Waals surface area (Å²) in [5, 5.41) is 0. The molecule has 0 aromatic heterocycles. The van der Waals surface area contributed by atoms with Crippen LogP contribution in [0.25, 0.3) is 0 Å². The van der Waals surface area contributed by atoms with Gasteiger partial charge in [0.1, 0.15) is 6.10 Å². The van der Waals surface area contributed by atoms with E-state index < -0.39 is 0 Å². The minimum Gasteiger partial charge on any atom is -0.466 e. The predicted octanol–water partition coefficient (Wildman–Crippen LogP) is 7.52. The van der Waals surface area contributed by atoms with Crippen LogP contribution in [0, 0.1) is 0 Å². The fraction of sp³-hybridized carbons (Fsp3) is 0.920. The molecule has 0 fully saturated rings. The molecule has 0 N–H and O–H groups in total. The van der Waals surface area contributed by atoms with E-state index in [1.165, 1.54) is 64.2 Å². The third-order valence-electron chi connectivity index (χ3n) is 5.43. The van der Waals surface area contributed by atoms with Gasteiger partial charge in [0.15, 0.2) is 0 Å². The van der Waals surface area contributed by atoms with E-state index in [9.17, 15) is 9.59 Å². The Hall–Kier alpha value is -1.06. The van der Waals surface area contributed by atoms with Crippen molar-refractivity contribution >= 4 is 11.9 Å². The van der Waals surface area contributed by atoms with Crippen LogP contribution >= 0.6 is 0 Å². The van der Waals surface area contributed by atoms with Crippen molar-refractivity contribution in [3.05, 3.63) is 0 Å². The van der Waals surface area contributed by atoms with Gasteiger partial charge >= 0.3 is 11.9 Å². The van der Waals surface area contributed by atoms with Gasteiger partial charge in [0.2, 0.25) is 0 Å². The van der Waals surface area contributed by atoms with Gasteiger partial charge in [-0.1, -0.05) is 104 Å². The molecule has 0 aromatic rings. The molecule has 29 heavy (non-hydrogen) atoms. The standard InChI is InChI=1S/C25H48O4/c1-4-7-9-10-11-12-13-14-15-16-17-18-22-28-24(26)20-21-25(27)29-23(6-3)19-8-5-2/h23H,4-22H2,1-3H3. The van der Waals surface area contributed by atoms with E-state index in [1.54, 1.807) is 0 Å². The van der Waals surface area contributed by atoms with Crippen LogP contribution < -0.4 is 0 Å². The maximum atomic E-state index is 11.8. The molecule has 0 aromatic carbocycles. The lowest BCUT2D eigenvalue weighted by Crippen LogP contribution is -2.18. The first-order chi connectivity index (χ1) is 14.1. The lowest BCUT2D eigenvalue weighted by Gasteiger charge is -2.15. The van der Waals surface area contributed by atoms with E-state index in [1.807, 2.05) is 6.92 Å². The normalized spacial score (nSPS) is 12.0. The van der Waals surface area contributed by atoms with Crippen LogP contribution in [0.1, 0.15) is 136 Å². The minimum atomic E-state index is -0.286. The van der Waals surface area contributed by atoms with E-state index in [4.69, 9.17) is 9.47 Å². The molecule has 0 amide bonds. The summed E-state index contributed by atoms with van der Waals surface area (Å²) in [7, 11) is 0. The van der Waals surface area contributed by atoms with Gasteiger partial charge in [-0.3, -0.25) is 9.59 Å². The Kier molecular flexibility index (Phi) is 20.9. The van der Waals surface area contributed by atoms with Gasteiger partial charge in [-0.15, -0.1) is 0 Å². The van der Waals surface area contributed by atoms with Crippen molar-refractivity contribution in [3.8, 4) is 0 Å². The topological polar surface area (TPSA) is 52.6 Å². The van der Waals surface area contributed by atoms with Crippen LogP contribution in [-0.2, 0) is 19.1 Å². The first-order valence-electron chi connectivity index (χ1n) is 12.5. The summed E-state index contributed by atoms with van der Waals surface area (Å²) in [6, 6.07) is 0. The van der Waals surface area contributed by atoms with E-state index in [0.29, 0.717) is 6.61 Å². The van der Waals surface area contributed by atoms with Gasteiger partial charge in [0, 0.05) is 0 Å². The Morgan fingerprint density at radius 2 is 1.10 bits per heavy atom. The van der Waals surface area contributed by atoms with Crippen LogP contribution in [-0.4, -0.2) is 24.6 Å². The van der Waals surface area contributed by atoms with Crippen LogP contribution in [0.4, 0.5) is 0 Å². The van der Waals surface area contributed by atoms with E-state index in [-0.39, 0.29) is 30.9 Å². The Bertz CT molecular complexity index is 381. The van der Waals surface area contributed by atoms with Gasteiger partial charge in [-0.05, 0) is 19.3 Å². The minimum absolute atomic E-state index is 0.0143. The van der Waals surface area contributed by atoms with Crippen LogP contribution in [0.5, 0.6) is 0 Å². The Morgan fingerprint density at radius 1 is 0.621 bits per heavy atom. The summed E-state index contributed by atoms with van der Waals surface area (Å²) in [5.74, 6) is -0.568. The van der Waals surface area contributed by atoms with Crippen LogP contribution in [0.3, 0.4) is 0 Å². The average Bonchev–Trinajstić information content (AvgIpc) is 2.72. The SMILES string of the molecule is CCCCCCCCCCCCCCOC(=O)CCC(=O)OC(CC)CCCC. The van der Waals surface area contributed by atoms with Crippen molar-refractivity contribution in [3.63, 3.8) is 0 Å². The molecule has 0 saturated carbocycles. The zero-order valence-corrected chi connectivity index (χ0v) is 19.6. The third-order valence-corrected chi connectivity index (χ3v) is 5.43. The second-order valence-corrected chi connectivity index (χ2v) is 8.27. The molecule has 4 heteroatoms. The highest BCUT2D eigenvalue weighted by Gasteiger charge is 2.14. The number of hydrogen-bond donors (Lipinski definition) is 0. The van der Waals surface area contributed by atoms with E-state index >= 15 is 0 Å². The summed E-state index contributed by atoms with van der Waals surface area (Å²) in [6.45, 7) is 6.88. The highest BCUT2D eigenvalue weighted by atomic mass is 16.5. The van der Waals surface area contributed by atoms with Crippen molar-refractivity contribution in [2.24, 2.45) is 0 Å². The first-order valence-corrected chi connectivity index (χ1v) is 12.5. The Labute approximate surface area is 180 Å². The summed E-state index contributed by atoms with van der Waals surface area (Å²) >= 11 is 0. The van der Waals surface area contributed by atoms with Crippen LogP contribution in [0.2, 0.25) is 0 Å². The van der Waals surface area contributed by atoms with E-state index in [2.05, 4.69) is 13.8 Å². The molecular weight excluding hydrogens is 364 g/mol. The molecule has 0 heterocycles. The molecule has 0 aliphatic carbocycles. The first kappa shape index (κ1) is 27.9. The smallest absolute Gasteiger partial charge is 0.306 e. The van der Waals surface area contributed by atoms with Crippen molar-refractivity contribution in [1.82, 2.24) is 0 Å². The molecule has 0 bridgehead atoms. The second-order valence-electron chi connectivity index (χ2n) is 8.27. The maximum absolute atomic E-state index is 11.8. The van der Waals surface area contributed by atoms with Crippen molar-refractivity contribution in [1.29, 1.82) is 0 Å². The van der Waals surface area contributed by atoms with Gasteiger partial charge in [0.25, 0.3) is 0 Å². The quantitative estimate of drug-likeness (QED) is 0.144. The number of ether oxygens (including phenoxy) is 2. The number of unbranched alkanes of at least 4 members (excludes halogenated alkanes) is 12. The molecule has 0 saturated heterocycles. The molecule has 0 radical (unpaired) electrons. The lowest BCUT2D eigenvalue weighted by molar-refractivity contribution is -0.154. The van der Waals surface area contributed by atoms with Gasteiger partial charge < -0.3 is 9.47 Å². The molecule has 1 unspecified atom stereocenters. The number of carbonyl (C=O) groups excluding carboxylic acids is 2. The zero-order chi connectivity index (χ0) is 21.6. The van der Waals surface area contributed by atoms with Crippen molar-refractivity contribution < 1.29 is 19.1 Å². The summed E-state index contributed by atoms with van der Waals surface area (Å²) in [6.07, 6.45) is 19.6. The largest absolute Gasteiger partial charge is 0.466 e. The highest BCUT2D eigenvalue weighted by Crippen LogP contribution is 2.12. The average molecular weight is 413 g/mol. The maximum Gasteiger partial charge on any atom is 0.306 e. The van der Waals surface area contributed by atoms with Crippen molar-refractivity contribution in [2.45, 2.75) is 142 Å². The van der Waals surface area contributed by atoms with Gasteiger partial charge in [-0.25, -0.2) is 0 Å². The summed E-state index contributed by atoms with van der Waals surface area (Å²) in [5.41, 5.74) is 0. The summed E-state index contributed by atoms with van der Waals surface area (Å²) < 4.78 is 10.7.